The zero-order valence-electron chi connectivity index (χ0n) is 36.3. The molecule has 8 aromatic rings. The first-order valence-corrected chi connectivity index (χ1v) is 21.0. The molecule has 0 saturated heterocycles. The number of carboxylic acids is 2. The van der Waals surface area contributed by atoms with Crippen LogP contribution >= 0.6 is 0 Å². The molecule has 70 heavy (non-hydrogen) atoms. The number of aromatic amines is 2. The molecule has 4 amide bonds. The Balaban J connectivity index is 0.934. The number of carbonyl (C=O) groups is 6. The summed E-state index contributed by atoms with van der Waals surface area (Å²) >= 11 is 0. The summed E-state index contributed by atoms with van der Waals surface area (Å²) in [5, 5.41) is 33.3. The molecule has 4 aromatic heterocycles. The van der Waals surface area contributed by atoms with Crippen molar-refractivity contribution in [2.75, 3.05) is 26.4 Å². The highest BCUT2D eigenvalue weighted by molar-refractivity contribution is 6.14. The number of halogens is 2. The molecule has 0 fully saturated rings. The zero-order valence-corrected chi connectivity index (χ0v) is 36.3. The number of hydrogen-bond acceptors (Lipinski definition) is 12. The summed E-state index contributed by atoms with van der Waals surface area (Å²) < 4.78 is 39.9. The van der Waals surface area contributed by atoms with Crippen molar-refractivity contribution < 1.29 is 57.2 Å². The van der Waals surface area contributed by atoms with E-state index in [-0.39, 0.29) is 129 Å². The second kappa shape index (κ2) is 19.5. The lowest BCUT2D eigenvalue weighted by Crippen LogP contribution is -2.18. The van der Waals surface area contributed by atoms with E-state index in [1.165, 1.54) is 24.3 Å². The fourth-order valence-corrected chi connectivity index (χ4v) is 8.11. The quantitative estimate of drug-likeness (QED) is 0.0506. The average molecular weight is 953 g/mol. The van der Waals surface area contributed by atoms with Crippen molar-refractivity contribution in [2.45, 2.75) is 12.8 Å². The van der Waals surface area contributed by atoms with Crippen LogP contribution in [0.25, 0.3) is 67.1 Å². The highest BCUT2D eigenvalue weighted by Crippen LogP contribution is 2.36. The Kier molecular flexibility index (Phi) is 13.2. The first kappa shape index (κ1) is 47.2. The predicted octanol–water partition coefficient (Wildman–Crippen LogP) is 4.79. The Morgan fingerprint density at radius 3 is 1.27 bits per heavy atom. The molecular formula is C48H38F2N10O10. The molecule has 0 saturated carbocycles. The van der Waals surface area contributed by atoms with Gasteiger partial charge in [0.2, 0.25) is 23.6 Å². The minimum Gasteiger partial charge on any atom is -0.478 e. The number of benzene rings is 4. The molecule has 4 aromatic carbocycles. The molecule has 4 heterocycles. The average Bonchev–Trinajstić information content (AvgIpc) is 3.96. The van der Waals surface area contributed by atoms with Crippen LogP contribution in [0.4, 0.5) is 8.78 Å². The molecule has 0 aliphatic rings. The van der Waals surface area contributed by atoms with Gasteiger partial charge in [-0.1, -0.05) is 36.4 Å². The lowest BCUT2D eigenvalue weighted by molar-refractivity contribution is 0.0500. The summed E-state index contributed by atoms with van der Waals surface area (Å²) in [5.41, 5.74) is 24.8. The number of carboxylic acid groups (broad SMARTS) is 2. The number of amides is 4. The number of aromatic nitrogens is 6. The normalized spacial score (nSPS) is 11.3. The molecule has 12 N–H and O–H groups in total. The molecule has 0 bridgehead atoms. The van der Waals surface area contributed by atoms with Gasteiger partial charge in [-0.2, -0.15) is 10.2 Å². The van der Waals surface area contributed by atoms with Gasteiger partial charge in [0.1, 0.15) is 23.0 Å². The maximum Gasteiger partial charge on any atom is 0.338 e. The topological polar surface area (TPSA) is 349 Å². The van der Waals surface area contributed by atoms with Gasteiger partial charge in [-0.15, -0.1) is 0 Å². The van der Waals surface area contributed by atoms with E-state index in [4.69, 9.17) is 32.4 Å². The number of carbonyl (C=O) groups excluding carboxylic acids is 4. The van der Waals surface area contributed by atoms with Gasteiger partial charge in [0.25, 0.3) is 0 Å². The minimum atomic E-state index is -1.50. The van der Waals surface area contributed by atoms with E-state index in [0.29, 0.717) is 11.1 Å². The van der Waals surface area contributed by atoms with Crippen LogP contribution in [-0.4, -0.2) is 103 Å². The van der Waals surface area contributed by atoms with Crippen molar-refractivity contribution in [1.29, 1.82) is 0 Å². The first-order valence-electron chi connectivity index (χ1n) is 21.0. The van der Waals surface area contributed by atoms with Crippen LogP contribution < -0.4 is 22.9 Å². The van der Waals surface area contributed by atoms with E-state index in [2.05, 4.69) is 30.4 Å². The third-order valence-corrected chi connectivity index (χ3v) is 11.3. The van der Waals surface area contributed by atoms with Gasteiger partial charge in [-0.05, 0) is 72.5 Å². The number of rotatable bonds is 19. The molecule has 22 heteroatoms. The number of fused-ring (bicyclic) bond motifs is 2. The molecule has 0 spiro atoms. The van der Waals surface area contributed by atoms with Crippen molar-refractivity contribution in [3.05, 3.63) is 141 Å². The summed E-state index contributed by atoms with van der Waals surface area (Å²) in [6, 6.07) is 19.2. The van der Waals surface area contributed by atoms with Crippen LogP contribution in [0.1, 0.15) is 73.3 Å². The molecule has 8 rings (SSSR count). The summed E-state index contributed by atoms with van der Waals surface area (Å²) in [6.45, 7) is 0.528. The Labute approximate surface area is 392 Å². The Bertz CT molecular complexity index is 3250. The van der Waals surface area contributed by atoms with Crippen molar-refractivity contribution >= 4 is 57.6 Å². The number of pyridine rings is 2. The van der Waals surface area contributed by atoms with Crippen LogP contribution in [0, 0.1) is 11.6 Å². The Morgan fingerprint density at radius 2 is 0.914 bits per heavy atom. The van der Waals surface area contributed by atoms with Crippen molar-refractivity contribution in [3.63, 3.8) is 0 Å². The lowest BCUT2D eigenvalue weighted by Gasteiger charge is -2.13. The van der Waals surface area contributed by atoms with Gasteiger partial charge in [0.15, 0.2) is 11.3 Å². The van der Waals surface area contributed by atoms with E-state index < -0.39 is 58.3 Å². The smallest absolute Gasteiger partial charge is 0.338 e. The van der Waals surface area contributed by atoms with Crippen molar-refractivity contribution in [2.24, 2.45) is 22.9 Å². The molecule has 0 aliphatic carbocycles. The second-order valence-corrected chi connectivity index (χ2v) is 15.6. The number of aromatic carboxylic acids is 2. The maximum atomic E-state index is 14.1. The third kappa shape index (κ3) is 9.21. The minimum absolute atomic E-state index is 0.0597. The number of H-pyrrole nitrogens is 2. The van der Waals surface area contributed by atoms with Gasteiger partial charge in [-0.3, -0.25) is 29.4 Å². The molecule has 20 nitrogen and oxygen atoms in total. The van der Waals surface area contributed by atoms with Crippen molar-refractivity contribution in [1.82, 2.24) is 30.4 Å². The van der Waals surface area contributed by atoms with Gasteiger partial charge < -0.3 is 42.6 Å². The molecule has 0 aliphatic heterocycles. The number of nitrogens with one attached hydrogen (secondary N) is 2. The Hall–Kier alpha value is -9.28. The molecular weight excluding hydrogens is 915 g/mol. The first-order chi connectivity index (χ1) is 33.5. The fraction of sp³-hybridized carbons (Fsp3) is 0.125. The zero-order chi connectivity index (χ0) is 50.0. The highest BCUT2D eigenvalue weighted by Gasteiger charge is 2.26. The van der Waals surface area contributed by atoms with Crippen LogP contribution in [0.3, 0.4) is 0 Å². The van der Waals surface area contributed by atoms with E-state index in [1.807, 2.05) is 0 Å². The van der Waals surface area contributed by atoms with Gasteiger partial charge in [-0.25, -0.2) is 28.3 Å². The SMILES string of the molecule is NC(=O)c1c(CCOCCOCCc2cccc(-c3n[nH]c4nc(-c5ccc(F)c(C(=O)O)c5)cc(C(N)=O)c34)c2C(N)=O)cccc1-c1n[nH]c2nc(-c3ccc(F)c(C(=O)O)c3)cc(C(N)=O)c12. The number of ether oxygens (including phenoxy) is 2. The molecule has 354 valence electrons. The number of nitrogens with two attached hydrogens (primary N) is 4. The molecule has 0 atom stereocenters. The highest BCUT2D eigenvalue weighted by atomic mass is 19.1. The van der Waals surface area contributed by atoms with Crippen LogP contribution in [0.5, 0.6) is 0 Å². The monoisotopic (exact) mass is 952 g/mol. The summed E-state index contributed by atoms with van der Waals surface area (Å²) in [5.74, 6) is -8.25. The standard InChI is InChI=1S/C48H38F2N10O10/c49-31-9-7-23(17-27(31)47(65)66)33-19-29(41(51)61)37-39(57-59-45(37)55-33)25-5-1-3-21(35(25)43(53)63)11-13-69-15-16-70-14-12-22-4-2-6-26(36(22)44(54)64)40-38-30(42(52)62)20-34(56-46(38)60-58-40)24-8-10-32(50)28(18-24)48(67)68/h1-10,17-20H,11-16H2,(H2,51,61)(H2,52,62)(H2,53,63)(H2,54,64)(H,65,66)(H,67,68)(H,55,57,59)(H,56,58,60). The van der Waals surface area contributed by atoms with E-state index in [9.17, 15) is 47.8 Å². The lowest BCUT2D eigenvalue weighted by atomic mass is 9.94. The van der Waals surface area contributed by atoms with Crippen LogP contribution in [-0.2, 0) is 22.3 Å². The molecule has 0 unspecified atom stereocenters. The second-order valence-electron chi connectivity index (χ2n) is 15.6. The number of primary amides is 4. The summed E-state index contributed by atoms with van der Waals surface area (Å²) in [6.07, 6.45) is 0.442. The Morgan fingerprint density at radius 1 is 0.514 bits per heavy atom. The predicted molar refractivity (Wildman–Crippen MR) is 246 cm³/mol. The summed E-state index contributed by atoms with van der Waals surface area (Å²) in [7, 11) is 0. The van der Waals surface area contributed by atoms with Crippen molar-refractivity contribution in [3.8, 4) is 45.0 Å². The van der Waals surface area contributed by atoms with Gasteiger partial charge in [0, 0.05) is 22.3 Å². The molecule has 0 radical (unpaired) electrons. The van der Waals surface area contributed by atoms with Gasteiger partial charge >= 0.3 is 11.9 Å². The summed E-state index contributed by atoms with van der Waals surface area (Å²) in [4.78, 5) is 83.7. The van der Waals surface area contributed by atoms with E-state index >= 15 is 0 Å². The van der Waals surface area contributed by atoms with E-state index in [1.54, 1.807) is 36.4 Å². The van der Waals surface area contributed by atoms with E-state index in [0.717, 1.165) is 24.3 Å². The van der Waals surface area contributed by atoms with Crippen LogP contribution in [0.2, 0.25) is 0 Å². The number of hydrogen-bond donors (Lipinski definition) is 8. The number of nitrogens with zero attached hydrogens (tertiary/aromatic N) is 4. The fourth-order valence-electron chi connectivity index (χ4n) is 8.11. The van der Waals surface area contributed by atoms with Crippen LogP contribution in [0.15, 0.2) is 84.9 Å². The van der Waals surface area contributed by atoms with Gasteiger partial charge in [0.05, 0.1) is 82.0 Å². The maximum absolute atomic E-state index is 14.1. The largest absolute Gasteiger partial charge is 0.478 e. The third-order valence-electron chi connectivity index (χ3n) is 11.3.